The van der Waals surface area contributed by atoms with Crippen LogP contribution in [0.15, 0.2) is 53.0 Å². The smallest absolute Gasteiger partial charge is 0.335 e. The molecule has 2 aromatic carbocycles. The average molecular weight is 410 g/mol. The molecule has 0 saturated carbocycles. The summed E-state index contributed by atoms with van der Waals surface area (Å²) in [5, 5.41) is 26.0. The van der Waals surface area contributed by atoms with Crippen LogP contribution in [0.5, 0.6) is 0 Å². The van der Waals surface area contributed by atoms with E-state index in [1.54, 1.807) is 24.3 Å². The predicted molar refractivity (Wildman–Crippen MR) is 93.7 cm³/mol. The van der Waals surface area contributed by atoms with Crippen LogP contribution >= 0.6 is 15.9 Å². The topological polar surface area (TPSA) is 138 Å². The van der Waals surface area contributed by atoms with Crippen molar-refractivity contribution in [3.8, 4) is 0 Å². The number of aliphatic carboxylic acids is 1. The zero-order valence-corrected chi connectivity index (χ0v) is 14.7. The maximum Gasteiger partial charge on any atom is 0.335 e. The van der Waals surface area contributed by atoms with E-state index in [0.29, 0.717) is 11.1 Å². The molecule has 0 radical (unpaired) electrons. The minimum atomic E-state index is -1.50. The Morgan fingerprint density at radius 2 is 1.44 bits per heavy atom. The van der Waals surface area contributed by atoms with Gasteiger partial charge in [0, 0.05) is 4.47 Å². The minimum Gasteiger partial charge on any atom is -0.480 e. The van der Waals surface area contributed by atoms with Crippen molar-refractivity contribution in [2.24, 2.45) is 5.73 Å². The molecule has 0 aliphatic carbocycles. The molecule has 0 aromatic heterocycles. The summed E-state index contributed by atoms with van der Waals surface area (Å²) in [5.41, 5.74) is 4.82. The van der Waals surface area contributed by atoms with Crippen LogP contribution in [0.1, 0.15) is 33.2 Å². The molecule has 0 bridgehead atoms. The summed E-state index contributed by atoms with van der Waals surface area (Å²) in [6.07, 6.45) is 0. The summed E-state index contributed by atoms with van der Waals surface area (Å²) in [6.45, 7) is 1.35. The maximum absolute atomic E-state index is 10.8. The standard InChI is InChI=1S/C10H11NO4.C7H5BrO2/c1-10(11,9(14)15)7-4-2-6(3-5-7)8(12)13;8-6-3-1-2-5(4-6)7(9)10/h2-5H,11H2,1H3,(H,12,13)(H,14,15);1-4H,(H,9,10). The second-order valence-electron chi connectivity index (χ2n) is 5.21. The van der Waals surface area contributed by atoms with Gasteiger partial charge in [-0.2, -0.15) is 0 Å². The van der Waals surface area contributed by atoms with Gasteiger partial charge < -0.3 is 21.1 Å². The van der Waals surface area contributed by atoms with E-state index in [-0.39, 0.29) is 5.56 Å². The molecule has 7 nitrogen and oxygen atoms in total. The first-order valence-corrected chi connectivity index (χ1v) is 7.70. The van der Waals surface area contributed by atoms with E-state index in [1.807, 2.05) is 0 Å². The number of rotatable bonds is 4. The van der Waals surface area contributed by atoms with Gasteiger partial charge >= 0.3 is 17.9 Å². The lowest BCUT2D eigenvalue weighted by atomic mass is 9.93. The fraction of sp³-hybridized carbons (Fsp3) is 0.118. The largest absolute Gasteiger partial charge is 0.480 e. The molecule has 2 aromatic rings. The fourth-order valence-corrected chi connectivity index (χ4v) is 2.10. The van der Waals surface area contributed by atoms with Crippen LogP contribution in [0.4, 0.5) is 0 Å². The summed E-state index contributed by atoms with van der Waals surface area (Å²) < 4.78 is 0.785. The van der Waals surface area contributed by atoms with Crippen LogP contribution in [-0.2, 0) is 10.3 Å². The first kappa shape index (κ1) is 20.3. The highest BCUT2D eigenvalue weighted by Gasteiger charge is 2.30. The van der Waals surface area contributed by atoms with Gasteiger partial charge in [-0.05, 0) is 42.8 Å². The number of nitrogens with two attached hydrogens (primary N) is 1. The lowest BCUT2D eigenvalue weighted by molar-refractivity contribution is -0.143. The van der Waals surface area contributed by atoms with Crippen molar-refractivity contribution in [2.45, 2.75) is 12.5 Å². The molecule has 5 N–H and O–H groups in total. The lowest BCUT2D eigenvalue weighted by Gasteiger charge is -2.19. The second kappa shape index (κ2) is 8.41. The third-order valence-electron chi connectivity index (χ3n) is 3.25. The number of aromatic carboxylic acids is 2. The molecule has 2 rings (SSSR count). The summed E-state index contributed by atoms with van der Waals surface area (Å²) in [7, 11) is 0. The summed E-state index contributed by atoms with van der Waals surface area (Å²) in [4.78, 5) is 31.7. The number of halogens is 1. The normalized spacial score (nSPS) is 12.3. The first-order valence-electron chi connectivity index (χ1n) is 6.90. The molecular weight excluding hydrogens is 394 g/mol. The van der Waals surface area contributed by atoms with Gasteiger partial charge in [0.15, 0.2) is 0 Å². The Labute approximate surface area is 151 Å². The summed E-state index contributed by atoms with van der Waals surface area (Å²) >= 11 is 3.17. The molecule has 0 saturated heterocycles. The Bertz CT molecular complexity index is 786. The average Bonchev–Trinajstić information content (AvgIpc) is 2.55. The van der Waals surface area contributed by atoms with Crippen molar-refractivity contribution in [3.63, 3.8) is 0 Å². The second-order valence-corrected chi connectivity index (χ2v) is 6.12. The molecule has 0 heterocycles. The fourth-order valence-electron chi connectivity index (χ4n) is 1.70. The Morgan fingerprint density at radius 3 is 1.80 bits per heavy atom. The van der Waals surface area contributed by atoms with Gasteiger partial charge in [-0.3, -0.25) is 0 Å². The number of benzene rings is 2. The zero-order chi connectivity index (χ0) is 19.2. The van der Waals surface area contributed by atoms with Crippen LogP contribution < -0.4 is 5.73 Å². The highest BCUT2D eigenvalue weighted by atomic mass is 79.9. The Morgan fingerprint density at radius 1 is 0.920 bits per heavy atom. The molecule has 0 amide bonds. The molecule has 0 fully saturated rings. The first-order chi connectivity index (χ1) is 11.6. The van der Waals surface area contributed by atoms with Crippen LogP contribution in [0.2, 0.25) is 0 Å². The van der Waals surface area contributed by atoms with Gasteiger partial charge in [-0.15, -0.1) is 0 Å². The number of hydrogen-bond donors (Lipinski definition) is 4. The lowest BCUT2D eigenvalue weighted by Crippen LogP contribution is -2.41. The van der Waals surface area contributed by atoms with Gasteiger partial charge in [0.05, 0.1) is 11.1 Å². The third kappa shape index (κ3) is 5.70. The van der Waals surface area contributed by atoms with Crippen molar-refractivity contribution >= 4 is 33.8 Å². The molecule has 1 atom stereocenters. The van der Waals surface area contributed by atoms with Gasteiger partial charge in [0.25, 0.3) is 0 Å². The van der Waals surface area contributed by atoms with Crippen molar-refractivity contribution in [1.82, 2.24) is 0 Å². The predicted octanol–water partition coefficient (Wildman–Crippen LogP) is 2.79. The molecule has 0 spiro atoms. The van der Waals surface area contributed by atoms with E-state index >= 15 is 0 Å². The van der Waals surface area contributed by atoms with Gasteiger partial charge in [0.1, 0.15) is 5.54 Å². The Kier molecular flexibility index (Phi) is 6.84. The van der Waals surface area contributed by atoms with Crippen molar-refractivity contribution in [1.29, 1.82) is 0 Å². The molecule has 25 heavy (non-hydrogen) atoms. The van der Waals surface area contributed by atoms with E-state index in [2.05, 4.69) is 15.9 Å². The molecule has 1 unspecified atom stereocenters. The van der Waals surface area contributed by atoms with Gasteiger partial charge in [-0.1, -0.05) is 34.1 Å². The highest BCUT2D eigenvalue weighted by molar-refractivity contribution is 9.10. The molecule has 132 valence electrons. The SMILES string of the molecule is CC(N)(C(=O)O)c1ccc(C(=O)O)cc1.O=C(O)c1cccc(Br)c1. The maximum atomic E-state index is 10.8. The molecule has 0 aliphatic rings. The van der Waals surface area contributed by atoms with E-state index in [4.69, 9.17) is 21.1 Å². The molecule has 8 heteroatoms. The number of carboxylic acid groups (broad SMARTS) is 3. The number of carbonyl (C=O) groups is 3. The summed E-state index contributed by atoms with van der Waals surface area (Å²) in [5.74, 6) is -3.12. The van der Waals surface area contributed by atoms with E-state index in [1.165, 1.54) is 31.2 Å². The van der Waals surface area contributed by atoms with Crippen LogP contribution in [-0.4, -0.2) is 33.2 Å². The highest BCUT2D eigenvalue weighted by Crippen LogP contribution is 2.18. The monoisotopic (exact) mass is 409 g/mol. The minimum absolute atomic E-state index is 0.0972. The van der Waals surface area contributed by atoms with Gasteiger partial charge in [-0.25, -0.2) is 14.4 Å². The van der Waals surface area contributed by atoms with E-state index in [0.717, 1.165) is 4.47 Å². The molecular formula is C17H16BrNO6. The van der Waals surface area contributed by atoms with Crippen molar-refractivity contribution in [3.05, 3.63) is 69.7 Å². The molecule has 0 aliphatic heterocycles. The van der Waals surface area contributed by atoms with Crippen LogP contribution in [0, 0.1) is 0 Å². The quantitative estimate of drug-likeness (QED) is 0.608. The van der Waals surface area contributed by atoms with E-state index < -0.39 is 23.4 Å². The summed E-state index contributed by atoms with van der Waals surface area (Å²) in [6, 6.07) is 12.0. The number of carboxylic acids is 3. The van der Waals surface area contributed by atoms with Gasteiger partial charge in [0.2, 0.25) is 0 Å². The van der Waals surface area contributed by atoms with Crippen LogP contribution in [0.3, 0.4) is 0 Å². The third-order valence-corrected chi connectivity index (χ3v) is 3.74. The Hall–Kier alpha value is -2.71. The van der Waals surface area contributed by atoms with Crippen molar-refractivity contribution < 1.29 is 29.7 Å². The Balaban J connectivity index is 0.000000271. The zero-order valence-electron chi connectivity index (χ0n) is 13.1. The van der Waals surface area contributed by atoms with E-state index in [9.17, 15) is 14.4 Å². The van der Waals surface area contributed by atoms with Crippen molar-refractivity contribution in [2.75, 3.05) is 0 Å². The van der Waals surface area contributed by atoms with Crippen LogP contribution in [0.25, 0.3) is 0 Å². The number of hydrogen-bond acceptors (Lipinski definition) is 4.